The summed E-state index contributed by atoms with van der Waals surface area (Å²) in [6.45, 7) is 2.57. The number of carbonyl (C=O) groups excluding carboxylic acids is 1. The highest BCUT2D eigenvalue weighted by atomic mass is 32.2. The van der Waals surface area contributed by atoms with Crippen molar-refractivity contribution in [1.82, 2.24) is 15.4 Å². The molecule has 0 spiro atoms. The summed E-state index contributed by atoms with van der Waals surface area (Å²) in [4.78, 5) is 22.2. The van der Waals surface area contributed by atoms with E-state index in [1.165, 1.54) is 6.20 Å². The molecule has 0 aliphatic carbocycles. The molecule has 0 atom stereocenters. The Morgan fingerprint density at radius 3 is 2.73 bits per heavy atom. The number of nitrogens with one attached hydrogen (secondary N) is 2. The molecule has 0 radical (unpaired) electrons. The van der Waals surface area contributed by atoms with E-state index in [-0.39, 0.29) is 11.7 Å². The highest BCUT2D eigenvalue weighted by Gasteiger charge is 2.31. The van der Waals surface area contributed by atoms with Crippen molar-refractivity contribution in [3.05, 3.63) is 30.2 Å². The standard InChI is InChI=1S/C14H14F3N5O3S/c15-14(16,17)26-11-2-1-9(25-11)12(23)20-21-13-18-4-3-10(19-13)22-5-7-24-8-6-22/h1-4H,5-8H2,(H,20,23)(H,18,19,21). The predicted molar refractivity (Wildman–Crippen MR) is 86.8 cm³/mol. The van der Waals surface area contributed by atoms with Crippen molar-refractivity contribution >= 4 is 29.4 Å². The number of aromatic nitrogens is 2. The van der Waals surface area contributed by atoms with Crippen LogP contribution >= 0.6 is 11.8 Å². The van der Waals surface area contributed by atoms with Crippen LogP contribution in [0.3, 0.4) is 0 Å². The van der Waals surface area contributed by atoms with E-state index in [0.717, 1.165) is 12.1 Å². The summed E-state index contributed by atoms with van der Waals surface area (Å²) in [5.74, 6) is -0.214. The number of furan rings is 1. The number of hydrogen-bond donors (Lipinski definition) is 2. The Hall–Kier alpha value is -2.47. The van der Waals surface area contributed by atoms with Crippen LogP contribution in [0.4, 0.5) is 24.9 Å². The maximum Gasteiger partial charge on any atom is 0.449 e. The van der Waals surface area contributed by atoms with Crippen molar-refractivity contribution in [3.8, 4) is 0 Å². The third kappa shape index (κ3) is 5.02. The van der Waals surface area contributed by atoms with Gasteiger partial charge in [-0.15, -0.1) is 0 Å². The maximum atomic E-state index is 12.3. The van der Waals surface area contributed by atoms with Gasteiger partial charge in [-0.05, 0) is 18.2 Å². The van der Waals surface area contributed by atoms with Gasteiger partial charge in [-0.3, -0.25) is 15.6 Å². The third-order valence-corrected chi connectivity index (χ3v) is 3.94. The molecule has 140 valence electrons. The van der Waals surface area contributed by atoms with Crippen LogP contribution in [0, 0.1) is 0 Å². The quantitative estimate of drug-likeness (QED) is 0.594. The first kappa shape index (κ1) is 18.3. The molecule has 3 rings (SSSR count). The molecule has 12 heteroatoms. The average Bonchev–Trinajstić information content (AvgIpc) is 3.07. The summed E-state index contributed by atoms with van der Waals surface area (Å²) in [5.41, 5.74) is 0.303. The van der Waals surface area contributed by atoms with Gasteiger partial charge in [-0.2, -0.15) is 18.2 Å². The molecule has 0 aromatic carbocycles. The minimum atomic E-state index is -4.49. The Morgan fingerprint density at radius 1 is 1.23 bits per heavy atom. The van der Waals surface area contributed by atoms with E-state index >= 15 is 0 Å². The lowest BCUT2D eigenvalue weighted by Crippen LogP contribution is -2.37. The molecule has 1 amide bonds. The molecule has 0 saturated carbocycles. The lowest BCUT2D eigenvalue weighted by Gasteiger charge is -2.27. The van der Waals surface area contributed by atoms with E-state index in [0.29, 0.717) is 32.1 Å². The minimum absolute atomic E-state index is 0.138. The molecule has 1 aliphatic heterocycles. The Labute approximate surface area is 150 Å². The first-order valence-corrected chi connectivity index (χ1v) is 8.30. The van der Waals surface area contributed by atoms with Gasteiger partial charge >= 0.3 is 11.4 Å². The zero-order chi connectivity index (χ0) is 18.6. The number of rotatable bonds is 5. The second-order valence-electron chi connectivity index (χ2n) is 5.08. The largest absolute Gasteiger partial charge is 0.449 e. The van der Waals surface area contributed by atoms with Crippen LogP contribution < -0.4 is 15.8 Å². The lowest BCUT2D eigenvalue weighted by molar-refractivity contribution is -0.0335. The smallest absolute Gasteiger partial charge is 0.444 e. The topological polar surface area (TPSA) is 92.5 Å². The number of hydrogen-bond acceptors (Lipinski definition) is 8. The van der Waals surface area contributed by atoms with Gasteiger partial charge in [0.25, 0.3) is 0 Å². The Morgan fingerprint density at radius 2 is 2.00 bits per heavy atom. The molecule has 1 aliphatic rings. The first-order chi connectivity index (χ1) is 12.4. The van der Waals surface area contributed by atoms with Crippen molar-refractivity contribution in [2.75, 3.05) is 36.6 Å². The number of nitrogens with zero attached hydrogens (tertiary/aromatic N) is 3. The molecule has 0 bridgehead atoms. The summed E-state index contributed by atoms with van der Waals surface area (Å²) in [5, 5.41) is -0.423. The van der Waals surface area contributed by atoms with Gasteiger partial charge in [0.2, 0.25) is 5.95 Å². The van der Waals surface area contributed by atoms with E-state index in [2.05, 4.69) is 20.8 Å². The van der Waals surface area contributed by atoms with Gasteiger partial charge < -0.3 is 14.1 Å². The number of halogens is 3. The van der Waals surface area contributed by atoms with Gasteiger partial charge in [-0.1, -0.05) is 0 Å². The van der Waals surface area contributed by atoms with Crippen molar-refractivity contribution in [3.63, 3.8) is 0 Å². The van der Waals surface area contributed by atoms with E-state index in [1.54, 1.807) is 6.07 Å². The summed E-state index contributed by atoms with van der Waals surface area (Å²) in [6, 6.07) is 3.95. The number of carbonyl (C=O) groups is 1. The normalized spacial score (nSPS) is 15.0. The summed E-state index contributed by atoms with van der Waals surface area (Å²) < 4.78 is 47.0. The number of thioether (sulfide) groups is 1. The number of alkyl halides is 3. The third-order valence-electron chi connectivity index (χ3n) is 3.29. The number of hydrazine groups is 1. The Bertz CT molecular complexity index is 764. The van der Waals surface area contributed by atoms with Crippen molar-refractivity contribution < 1.29 is 27.1 Å². The van der Waals surface area contributed by atoms with Crippen LogP contribution in [0.5, 0.6) is 0 Å². The number of anilines is 2. The van der Waals surface area contributed by atoms with Crippen molar-refractivity contribution in [2.24, 2.45) is 0 Å². The van der Waals surface area contributed by atoms with E-state index in [4.69, 9.17) is 9.15 Å². The van der Waals surface area contributed by atoms with Gasteiger partial charge in [0.05, 0.1) is 13.2 Å². The molecule has 8 nitrogen and oxygen atoms in total. The fourth-order valence-electron chi connectivity index (χ4n) is 2.16. The molecule has 2 aromatic heterocycles. The highest BCUT2D eigenvalue weighted by molar-refractivity contribution is 8.00. The average molecular weight is 389 g/mol. The van der Waals surface area contributed by atoms with Crippen LogP contribution in [-0.2, 0) is 4.74 Å². The number of morpholine rings is 1. The molecule has 2 aromatic rings. The summed E-state index contributed by atoms with van der Waals surface area (Å²) in [7, 11) is 0. The monoisotopic (exact) mass is 389 g/mol. The zero-order valence-corrected chi connectivity index (χ0v) is 14.1. The van der Waals surface area contributed by atoms with E-state index in [1.807, 2.05) is 4.90 Å². The summed E-state index contributed by atoms with van der Waals surface area (Å²) >= 11 is -0.436. The first-order valence-electron chi connectivity index (χ1n) is 7.48. The minimum Gasteiger partial charge on any atom is -0.444 e. The highest BCUT2D eigenvalue weighted by Crippen LogP contribution is 2.37. The van der Waals surface area contributed by atoms with Crippen LogP contribution in [0.1, 0.15) is 10.6 Å². The van der Waals surface area contributed by atoms with Crippen molar-refractivity contribution in [1.29, 1.82) is 0 Å². The lowest BCUT2D eigenvalue weighted by atomic mass is 10.4. The Kier molecular flexibility index (Phi) is 5.52. The van der Waals surface area contributed by atoms with Crippen LogP contribution in [0.25, 0.3) is 0 Å². The molecule has 26 heavy (non-hydrogen) atoms. The van der Waals surface area contributed by atoms with E-state index in [9.17, 15) is 18.0 Å². The van der Waals surface area contributed by atoms with Gasteiger partial charge in [0, 0.05) is 31.0 Å². The van der Waals surface area contributed by atoms with E-state index < -0.39 is 28.3 Å². The molecular formula is C14H14F3N5O3S. The number of ether oxygens (including phenoxy) is 1. The Balaban J connectivity index is 1.57. The summed E-state index contributed by atoms with van der Waals surface area (Å²) in [6.07, 6.45) is 1.53. The molecule has 2 N–H and O–H groups in total. The van der Waals surface area contributed by atoms with Gasteiger partial charge in [-0.25, -0.2) is 4.98 Å². The van der Waals surface area contributed by atoms with Crippen molar-refractivity contribution in [2.45, 2.75) is 10.6 Å². The van der Waals surface area contributed by atoms with Crippen LogP contribution in [-0.4, -0.2) is 47.7 Å². The SMILES string of the molecule is O=C(NNc1nccc(N2CCOCC2)n1)c1ccc(SC(F)(F)F)o1. The molecule has 0 unspecified atom stereocenters. The predicted octanol–water partition coefficient (Wildman–Crippen LogP) is 2.28. The fraction of sp³-hybridized carbons (Fsp3) is 0.357. The van der Waals surface area contributed by atoms with Gasteiger partial charge in [0.1, 0.15) is 5.82 Å². The second kappa shape index (κ2) is 7.83. The van der Waals surface area contributed by atoms with Crippen LogP contribution in [0.15, 0.2) is 33.9 Å². The second-order valence-corrected chi connectivity index (χ2v) is 6.15. The number of amides is 1. The maximum absolute atomic E-state index is 12.3. The molecular weight excluding hydrogens is 375 g/mol. The molecule has 1 saturated heterocycles. The molecule has 3 heterocycles. The van der Waals surface area contributed by atoms with Gasteiger partial charge in [0.15, 0.2) is 10.9 Å². The molecule has 1 fully saturated rings. The zero-order valence-electron chi connectivity index (χ0n) is 13.2. The van der Waals surface area contributed by atoms with Crippen LogP contribution in [0.2, 0.25) is 0 Å². The fourth-order valence-corrected chi connectivity index (χ4v) is 2.66.